The maximum Gasteiger partial charge on any atom is 0.159 e. The first-order chi connectivity index (χ1) is 15.6. The average Bonchev–Trinajstić information content (AvgIpc) is 2.82. The quantitative estimate of drug-likeness (QED) is 0.235. The van der Waals surface area contributed by atoms with E-state index in [-0.39, 0.29) is 13.2 Å². The van der Waals surface area contributed by atoms with Crippen molar-refractivity contribution in [3.63, 3.8) is 0 Å². The summed E-state index contributed by atoms with van der Waals surface area (Å²) < 4.78 is 38.9. The molecule has 1 heterocycles. The largest absolute Gasteiger partial charge is 0.491 e. The summed E-state index contributed by atoms with van der Waals surface area (Å²) in [6, 6.07) is 7.26. The molecule has 0 spiro atoms. The molecule has 0 aliphatic rings. The third-order valence-corrected chi connectivity index (χ3v) is 5.34. The van der Waals surface area contributed by atoms with E-state index in [4.69, 9.17) is 9.47 Å². The molecule has 0 N–H and O–H groups in total. The Kier molecular flexibility index (Phi) is 12.6. The van der Waals surface area contributed by atoms with Gasteiger partial charge in [0, 0.05) is 5.56 Å². The highest BCUT2D eigenvalue weighted by Crippen LogP contribution is 2.21. The van der Waals surface area contributed by atoms with Crippen LogP contribution in [0, 0.1) is 0 Å². The van der Waals surface area contributed by atoms with E-state index < -0.39 is 12.3 Å². The van der Waals surface area contributed by atoms with E-state index >= 15 is 0 Å². The molecule has 2 aromatic rings. The predicted octanol–water partition coefficient (Wildman–Crippen LogP) is 7.52. The molecular weight excluding hydrogens is 410 g/mol. The normalized spacial score (nSPS) is 13.0. The van der Waals surface area contributed by atoms with Crippen LogP contribution in [0.5, 0.6) is 11.5 Å². The molecule has 0 amide bonds. The Morgan fingerprint density at radius 2 is 1.19 bits per heavy atom. The first-order valence-electron chi connectivity index (χ1n) is 12.1. The number of hydrogen-bond donors (Lipinski definition) is 0. The number of nitrogens with zero attached hydrogens (tertiary/aromatic N) is 2. The van der Waals surface area contributed by atoms with Crippen LogP contribution in [0.1, 0.15) is 78.1 Å². The van der Waals surface area contributed by atoms with Crippen molar-refractivity contribution in [2.24, 2.45) is 0 Å². The Hall–Kier alpha value is -2.24. The summed E-state index contributed by atoms with van der Waals surface area (Å²) in [5.74, 6) is 1.62. The molecule has 0 radical (unpaired) electrons. The predicted molar refractivity (Wildman–Crippen MR) is 126 cm³/mol. The monoisotopic (exact) mass is 448 g/mol. The Labute approximate surface area is 191 Å². The Morgan fingerprint density at radius 1 is 0.688 bits per heavy atom. The third-order valence-electron chi connectivity index (χ3n) is 5.34. The van der Waals surface area contributed by atoms with Gasteiger partial charge in [-0.2, -0.15) is 0 Å². The van der Waals surface area contributed by atoms with Gasteiger partial charge >= 0.3 is 0 Å². The zero-order valence-corrected chi connectivity index (χ0v) is 19.6. The van der Waals surface area contributed by atoms with Gasteiger partial charge in [0.05, 0.1) is 12.4 Å². The van der Waals surface area contributed by atoms with Gasteiger partial charge in [-0.15, -0.1) is 0 Å². The smallest absolute Gasteiger partial charge is 0.159 e. The minimum absolute atomic E-state index is 0.0229. The third kappa shape index (κ3) is 10.4. The maximum atomic E-state index is 13.9. The molecule has 0 aliphatic carbocycles. The maximum absolute atomic E-state index is 13.9. The highest BCUT2D eigenvalue weighted by atomic mass is 19.1. The van der Waals surface area contributed by atoms with E-state index in [1.165, 1.54) is 0 Å². The van der Waals surface area contributed by atoms with Gasteiger partial charge in [-0.25, -0.2) is 18.7 Å². The van der Waals surface area contributed by atoms with Crippen LogP contribution in [0.2, 0.25) is 0 Å². The molecular formula is C26H38F2N2O2. The second-order valence-electron chi connectivity index (χ2n) is 8.28. The highest BCUT2D eigenvalue weighted by Gasteiger charge is 2.10. The van der Waals surface area contributed by atoms with Crippen LogP contribution >= 0.6 is 0 Å². The fourth-order valence-corrected chi connectivity index (χ4v) is 3.37. The Morgan fingerprint density at radius 3 is 1.69 bits per heavy atom. The molecule has 32 heavy (non-hydrogen) atoms. The van der Waals surface area contributed by atoms with Crippen LogP contribution in [-0.2, 0) is 0 Å². The number of alkyl halides is 2. The Bertz CT molecular complexity index is 662. The lowest BCUT2D eigenvalue weighted by molar-refractivity contribution is 0.183. The summed E-state index contributed by atoms with van der Waals surface area (Å²) >= 11 is 0. The molecule has 178 valence electrons. The number of ether oxygens (including phenoxy) is 2. The van der Waals surface area contributed by atoms with Gasteiger partial charge in [-0.3, -0.25) is 0 Å². The summed E-state index contributed by atoms with van der Waals surface area (Å²) in [7, 11) is 0. The fourth-order valence-electron chi connectivity index (χ4n) is 3.37. The van der Waals surface area contributed by atoms with Crippen LogP contribution in [0.25, 0.3) is 11.4 Å². The van der Waals surface area contributed by atoms with E-state index in [0.717, 1.165) is 56.9 Å². The van der Waals surface area contributed by atoms with Crippen molar-refractivity contribution in [3.05, 3.63) is 36.7 Å². The summed E-state index contributed by atoms with van der Waals surface area (Å²) in [4.78, 5) is 8.61. The van der Waals surface area contributed by atoms with Crippen molar-refractivity contribution >= 4 is 0 Å². The van der Waals surface area contributed by atoms with Crippen molar-refractivity contribution in [2.45, 2.75) is 90.4 Å². The van der Waals surface area contributed by atoms with Gasteiger partial charge in [-0.1, -0.05) is 65.2 Å². The van der Waals surface area contributed by atoms with E-state index in [9.17, 15) is 8.78 Å². The first kappa shape index (κ1) is 26.0. The summed E-state index contributed by atoms with van der Waals surface area (Å²) in [6.45, 7) is 4.38. The van der Waals surface area contributed by atoms with E-state index in [0.29, 0.717) is 30.2 Å². The molecule has 0 saturated carbocycles. The standard InChI is InChI=1S/C26H38F2N2O2/c1-3-5-7-9-11-22(27)19-31-24-15-13-21(14-16-24)26-29-17-25(18-30-26)32-20-23(28)12-10-8-6-4-2/h13-18,22-23H,3-12,19-20H2,1-2H3. The van der Waals surface area contributed by atoms with Gasteiger partial charge in [0.1, 0.15) is 31.3 Å². The van der Waals surface area contributed by atoms with E-state index in [1.54, 1.807) is 24.5 Å². The number of benzene rings is 1. The lowest BCUT2D eigenvalue weighted by Gasteiger charge is -2.11. The van der Waals surface area contributed by atoms with Crippen LogP contribution in [0.4, 0.5) is 8.78 Å². The van der Waals surface area contributed by atoms with E-state index in [2.05, 4.69) is 23.8 Å². The molecule has 6 heteroatoms. The summed E-state index contributed by atoms with van der Waals surface area (Å²) in [5, 5.41) is 0. The average molecular weight is 449 g/mol. The summed E-state index contributed by atoms with van der Waals surface area (Å²) in [5.41, 5.74) is 0.819. The van der Waals surface area contributed by atoms with Crippen LogP contribution in [0.15, 0.2) is 36.7 Å². The molecule has 0 fully saturated rings. The van der Waals surface area contributed by atoms with Gasteiger partial charge < -0.3 is 9.47 Å². The molecule has 2 unspecified atom stereocenters. The second-order valence-corrected chi connectivity index (χ2v) is 8.28. The van der Waals surface area contributed by atoms with Gasteiger partial charge in [0.2, 0.25) is 0 Å². The topological polar surface area (TPSA) is 44.2 Å². The van der Waals surface area contributed by atoms with Crippen LogP contribution < -0.4 is 9.47 Å². The van der Waals surface area contributed by atoms with Gasteiger partial charge in [0.25, 0.3) is 0 Å². The van der Waals surface area contributed by atoms with Crippen molar-refractivity contribution in [3.8, 4) is 22.9 Å². The molecule has 2 rings (SSSR count). The van der Waals surface area contributed by atoms with Crippen molar-refractivity contribution in [2.75, 3.05) is 13.2 Å². The molecule has 0 aliphatic heterocycles. The minimum Gasteiger partial charge on any atom is -0.491 e. The Balaban J connectivity index is 1.73. The fraction of sp³-hybridized carbons (Fsp3) is 0.615. The number of hydrogen-bond acceptors (Lipinski definition) is 4. The molecule has 2 atom stereocenters. The lowest BCUT2D eigenvalue weighted by atomic mass is 10.1. The number of halogens is 2. The summed E-state index contributed by atoms with van der Waals surface area (Å²) in [6.07, 6.45) is 10.8. The van der Waals surface area contributed by atoms with Gasteiger partial charge in [0.15, 0.2) is 11.6 Å². The second kappa shape index (κ2) is 15.5. The number of rotatable bonds is 17. The molecule has 0 saturated heterocycles. The molecule has 4 nitrogen and oxygen atoms in total. The highest BCUT2D eigenvalue weighted by molar-refractivity contribution is 5.56. The SMILES string of the molecule is CCCCCCC(F)COc1ccc(-c2ncc(OCC(F)CCCCCC)cn2)cc1. The zero-order valence-electron chi connectivity index (χ0n) is 19.6. The van der Waals surface area contributed by atoms with Crippen LogP contribution in [0.3, 0.4) is 0 Å². The zero-order chi connectivity index (χ0) is 23.0. The van der Waals surface area contributed by atoms with Gasteiger partial charge in [-0.05, 0) is 37.1 Å². The number of unbranched alkanes of at least 4 members (excludes halogenated alkanes) is 6. The number of aromatic nitrogens is 2. The molecule has 1 aromatic carbocycles. The van der Waals surface area contributed by atoms with Crippen molar-refractivity contribution in [1.29, 1.82) is 0 Å². The van der Waals surface area contributed by atoms with Crippen LogP contribution in [-0.4, -0.2) is 35.5 Å². The van der Waals surface area contributed by atoms with E-state index in [1.807, 2.05) is 12.1 Å². The van der Waals surface area contributed by atoms with Crippen molar-refractivity contribution < 1.29 is 18.3 Å². The molecule has 0 bridgehead atoms. The first-order valence-corrected chi connectivity index (χ1v) is 12.1. The molecule has 1 aromatic heterocycles. The minimum atomic E-state index is -0.973. The van der Waals surface area contributed by atoms with Crippen molar-refractivity contribution in [1.82, 2.24) is 9.97 Å². The lowest BCUT2D eigenvalue weighted by Crippen LogP contribution is -2.13.